The van der Waals surface area contributed by atoms with Gasteiger partial charge in [-0.3, -0.25) is 9.52 Å². The summed E-state index contributed by atoms with van der Waals surface area (Å²) in [4.78, 5) is 11.7. The van der Waals surface area contributed by atoms with E-state index in [1.165, 1.54) is 12.1 Å². The molecule has 1 amide bonds. The van der Waals surface area contributed by atoms with Crippen molar-refractivity contribution in [3.8, 4) is 0 Å². The molecule has 118 valence electrons. The van der Waals surface area contributed by atoms with Crippen LogP contribution in [0.25, 0.3) is 0 Å². The number of nitrogens with two attached hydrogens (primary N) is 1. The lowest BCUT2D eigenvalue weighted by molar-refractivity contribution is -0.116. The van der Waals surface area contributed by atoms with Crippen LogP contribution >= 0.6 is 0 Å². The molecule has 0 fully saturated rings. The smallest absolute Gasteiger partial charge is 0.229 e. The Morgan fingerprint density at radius 1 is 1.38 bits per heavy atom. The van der Waals surface area contributed by atoms with Gasteiger partial charge in [0.25, 0.3) is 0 Å². The molecule has 0 atom stereocenters. The summed E-state index contributed by atoms with van der Waals surface area (Å²) in [6.45, 7) is 3.62. The lowest BCUT2D eigenvalue weighted by Crippen LogP contribution is -2.33. The van der Waals surface area contributed by atoms with Crippen molar-refractivity contribution in [1.82, 2.24) is 0 Å². The minimum Gasteiger partial charge on any atom is -0.326 e. The van der Waals surface area contributed by atoms with Gasteiger partial charge in [0, 0.05) is 17.6 Å². The fourth-order valence-electron chi connectivity index (χ4n) is 1.54. The van der Waals surface area contributed by atoms with E-state index in [-0.39, 0.29) is 18.0 Å². The predicted octanol–water partition coefficient (Wildman–Crippen LogP) is 1.65. The highest BCUT2D eigenvalue weighted by molar-refractivity contribution is 7.92. The van der Waals surface area contributed by atoms with Gasteiger partial charge in [0.05, 0.1) is 11.9 Å². The van der Waals surface area contributed by atoms with Crippen molar-refractivity contribution in [2.75, 3.05) is 16.3 Å². The Morgan fingerprint density at radius 3 is 2.52 bits per heavy atom. The molecule has 0 spiro atoms. The van der Waals surface area contributed by atoms with Crippen LogP contribution in [0, 0.1) is 5.82 Å². The van der Waals surface area contributed by atoms with E-state index in [0.717, 1.165) is 12.3 Å². The minimum absolute atomic E-state index is 0.213. The second-order valence-corrected chi connectivity index (χ2v) is 7.35. The van der Waals surface area contributed by atoms with Crippen LogP contribution in [0.2, 0.25) is 0 Å². The molecule has 1 rings (SSSR count). The standard InChI is InChI=1S/C13H20FN3O3S/c1-13(2,15)7-6-12(18)16-9-4-5-10(14)11(8-9)17-21(3,19)20/h4-5,8,17H,6-7,15H2,1-3H3,(H,16,18). The van der Waals surface area contributed by atoms with Gasteiger partial charge in [-0.05, 0) is 38.5 Å². The van der Waals surface area contributed by atoms with Crippen LogP contribution in [-0.4, -0.2) is 26.1 Å². The van der Waals surface area contributed by atoms with E-state index in [9.17, 15) is 17.6 Å². The lowest BCUT2D eigenvalue weighted by Gasteiger charge is -2.17. The fourth-order valence-corrected chi connectivity index (χ4v) is 2.10. The molecule has 0 aliphatic carbocycles. The Balaban J connectivity index is 2.76. The summed E-state index contributed by atoms with van der Waals surface area (Å²) < 4.78 is 37.8. The van der Waals surface area contributed by atoms with Crippen LogP contribution in [0.15, 0.2) is 18.2 Å². The lowest BCUT2D eigenvalue weighted by atomic mass is 10.00. The number of halogens is 1. The van der Waals surface area contributed by atoms with Crippen molar-refractivity contribution < 1.29 is 17.6 Å². The first-order valence-corrected chi connectivity index (χ1v) is 8.21. The van der Waals surface area contributed by atoms with Crippen molar-refractivity contribution in [3.63, 3.8) is 0 Å². The Hall–Kier alpha value is -1.67. The number of rotatable bonds is 6. The summed E-state index contributed by atoms with van der Waals surface area (Å²) in [5.41, 5.74) is 5.42. The summed E-state index contributed by atoms with van der Waals surface area (Å²) in [5.74, 6) is -0.994. The number of anilines is 2. The number of benzene rings is 1. The maximum absolute atomic E-state index is 13.5. The number of nitrogens with one attached hydrogen (secondary N) is 2. The van der Waals surface area contributed by atoms with Crippen molar-refractivity contribution in [2.24, 2.45) is 5.73 Å². The maximum atomic E-state index is 13.5. The molecule has 0 unspecified atom stereocenters. The van der Waals surface area contributed by atoms with Crippen LogP contribution in [0.4, 0.5) is 15.8 Å². The van der Waals surface area contributed by atoms with Crippen LogP contribution < -0.4 is 15.8 Å². The van der Waals surface area contributed by atoms with Crippen LogP contribution in [0.1, 0.15) is 26.7 Å². The highest BCUT2D eigenvalue weighted by Crippen LogP contribution is 2.21. The highest BCUT2D eigenvalue weighted by atomic mass is 32.2. The van der Waals surface area contributed by atoms with E-state index in [2.05, 4.69) is 5.32 Å². The average molecular weight is 317 g/mol. The molecule has 6 nitrogen and oxygen atoms in total. The van der Waals surface area contributed by atoms with E-state index in [1.807, 2.05) is 18.6 Å². The van der Waals surface area contributed by atoms with Crippen molar-refractivity contribution in [2.45, 2.75) is 32.2 Å². The van der Waals surface area contributed by atoms with E-state index >= 15 is 0 Å². The maximum Gasteiger partial charge on any atom is 0.229 e. The normalized spacial score (nSPS) is 12.0. The first-order chi connectivity index (χ1) is 9.46. The van der Waals surface area contributed by atoms with Gasteiger partial charge in [-0.15, -0.1) is 0 Å². The average Bonchev–Trinajstić information content (AvgIpc) is 2.28. The largest absolute Gasteiger partial charge is 0.326 e. The molecule has 0 aliphatic heterocycles. The van der Waals surface area contributed by atoms with E-state index < -0.39 is 21.4 Å². The Labute approximate surface area is 124 Å². The number of sulfonamides is 1. The van der Waals surface area contributed by atoms with E-state index in [0.29, 0.717) is 12.1 Å². The Morgan fingerprint density at radius 2 is 2.00 bits per heavy atom. The SMILES string of the molecule is CC(C)(N)CCC(=O)Nc1ccc(F)c(NS(C)(=O)=O)c1. The first-order valence-electron chi connectivity index (χ1n) is 6.32. The van der Waals surface area contributed by atoms with E-state index in [4.69, 9.17) is 5.73 Å². The molecular weight excluding hydrogens is 297 g/mol. The number of carbonyl (C=O) groups excluding carboxylic acids is 1. The molecule has 21 heavy (non-hydrogen) atoms. The quantitative estimate of drug-likeness (QED) is 0.742. The first kappa shape index (κ1) is 17.4. The van der Waals surface area contributed by atoms with Crippen molar-refractivity contribution in [3.05, 3.63) is 24.0 Å². The van der Waals surface area contributed by atoms with Crippen LogP contribution in [-0.2, 0) is 14.8 Å². The number of hydrogen-bond acceptors (Lipinski definition) is 4. The van der Waals surface area contributed by atoms with E-state index in [1.54, 1.807) is 0 Å². The van der Waals surface area contributed by atoms with Gasteiger partial charge >= 0.3 is 0 Å². The van der Waals surface area contributed by atoms with Gasteiger partial charge in [-0.1, -0.05) is 0 Å². The molecule has 0 aliphatic rings. The third-order valence-corrected chi connectivity index (χ3v) is 3.13. The molecule has 1 aromatic carbocycles. The van der Waals surface area contributed by atoms with Gasteiger partial charge < -0.3 is 11.1 Å². The van der Waals surface area contributed by atoms with Crippen molar-refractivity contribution >= 4 is 27.3 Å². The number of amides is 1. The molecule has 0 saturated heterocycles. The Kier molecular flexibility index (Phi) is 5.30. The Bertz CT molecular complexity index is 624. The zero-order valence-corrected chi connectivity index (χ0v) is 13.1. The third-order valence-electron chi connectivity index (χ3n) is 2.54. The summed E-state index contributed by atoms with van der Waals surface area (Å²) in [6.07, 6.45) is 1.63. The molecule has 4 N–H and O–H groups in total. The summed E-state index contributed by atoms with van der Waals surface area (Å²) in [7, 11) is -3.59. The summed E-state index contributed by atoms with van der Waals surface area (Å²) >= 11 is 0. The van der Waals surface area contributed by atoms with Crippen LogP contribution in [0.3, 0.4) is 0 Å². The third kappa shape index (κ3) is 7.05. The highest BCUT2D eigenvalue weighted by Gasteiger charge is 2.14. The van der Waals surface area contributed by atoms with Crippen molar-refractivity contribution in [1.29, 1.82) is 0 Å². The number of carbonyl (C=O) groups is 1. The van der Waals surface area contributed by atoms with Gasteiger partial charge in [0.1, 0.15) is 5.82 Å². The second kappa shape index (κ2) is 6.40. The molecule has 0 heterocycles. The molecular formula is C13H20FN3O3S. The molecule has 0 saturated carbocycles. The minimum atomic E-state index is -3.59. The van der Waals surface area contributed by atoms with Crippen LogP contribution in [0.5, 0.6) is 0 Å². The van der Waals surface area contributed by atoms with Gasteiger partial charge in [-0.25, -0.2) is 12.8 Å². The zero-order chi connectivity index (χ0) is 16.3. The predicted molar refractivity (Wildman–Crippen MR) is 81.0 cm³/mol. The molecule has 0 bridgehead atoms. The molecule has 8 heteroatoms. The topological polar surface area (TPSA) is 101 Å². The van der Waals surface area contributed by atoms with Gasteiger partial charge in [0.2, 0.25) is 15.9 Å². The summed E-state index contributed by atoms with van der Waals surface area (Å²) in [5, 5.41) is 2.57. The fraction of sp³-hybridized carbons (Fsp3) is 0.462. The molecule has 0 radical (unpaired) electrons. The zero-order valence-electron chi connectivity index (χ0n) is 12.2. The molecule has 1 aromatic rings. The number of hydrogen-bond donors (Lipinski definition) is 3. The van der Waals surface area contributed by atoms with Gasteiger partial charge in [-0.2, -0.15) is 0 Å². The molecule has 0 aromatic heterocycles. The second-order valence-electron chi connectivity index (χ2n) is 5.61. The summed E-state index contributed by atoms with van der Waals surface area (Å²) in [6, 6.07) is 3.66. The van der Waals surface area contributed by atoms with Gasteiger partial charge in [0.15, 0.2) is 0 Å². The monoisotopic (exact) mass is 317 g/mol.